The fraction of sp³-hybridized carbons (Fsp3) is 0.889. The third-order valence-corrected chi connectivity index (χ3v) is 1.69. The molecule has 1 N–H and O–H groups in total. The molecular formula is C9H20N2O3. The van der Waals surface area contributed by atoms with Gasteiger partial charge in [-0.05, 0) is 13.8 Å². The fourth-order valence-corrected chi connectivity index (χ4v) is 1.02. The Hall–Kier alpha value is -0.810. The van der Waals surface area contributed by atoms with E-state index in [4.69, 9.17) is 9.47 Å². The zero-order valence-electron chi connectivity index (χ0n) is 9.37. The Kier molecular flexibility index (Phi) is 7.14. The lowest BCUT2D eigenvalue weighted by Gasteiger charge is -2.23. The Morgan fingerprint density at radius 1 is 1.36 bits per heavy atom. The summed E-state index contributed by atoms with van der Waals surface area (Å²) in [6, 6.07) is -0.144. The van der Waals surface area contributed by atoms with Crippen molar-refractivity contribution in [3.63, 3.8) is 0 Å². The third kappa shape index (κ3) is 5.04. The number of carbonyl (C=O) groups excluding carboxylic acids is 1. The van der Waals surface area contributed by atoms with Crippen molar-refractivity contribution in [3.8, 4) is 0 Å². The van der Waals surface area contributed by atoms with Crippen LogP contribution in [0.15, 0.2) is 0 Å². The zero-order chi connectivity index (χ0) is 11.0. The maximum Gasteiger partial charge on any atom is 0.317 e. The smallest absolute Gasteiger partial charge is 0.317 e. The molecule has 0 aliphatic rings. The first-order valence-electron chi connectivity index (χ1n) is 4.81. The van der Waals surface area contributed by atoms with Crippen LogP contribution >= 0.6 is 0 Å². The molecule has 0 aliphatic heterocycles. The fourth-order valence-electron chi connectivity index (χ4n) is 1.02. The molecule has 0 spiro atoms. The van der Waals surface area contributed by atoms with Crippen LogP contribution < -0.4 is 5.32 Å². The van der Waals surface area contributed by atoms with Gasteiger partial charge in [0.15, 0.2) is 6.29 Å². The molecule has 0 rings (SSSR count). The summed E-state index contributed by atoms with van der Waals surface area (Å²) in [5.74, 6) is 0. The predicted molar refractivity (Wildman–Crippen MR) is 54.1 cm³/mol. The summed E-state index contributed by atoms with van der Waals surface area (Å²) in [5.41, 5.74) is 0. The lowest BCUT2D eigenvalue weighted by Crippen LogP contribution is -2.41. The molecule has 84 valence electrons. The third-order valence-electron chi connectivity index (χ3n) is 1.69. The van der Waals surface area contributed by atoms with Crippen LogP contribution in [-0.4, -0.2) is 51.1 Å². The van der Waals surface area contributed by atoms with Gasteiger partial charge in [0.2, 0.25) is 0 Å². The number of nitrogens with zero attached hydrogens (tertiary/aromatic N) is 1. The van der Waals surface area contributed by atoms with Crippen LogP contribution in [0.25, 0.3) is 0 Å². The molecule has 0 aromatic heterocycles. The van der Waals surface area contributed by atoms with E-state index in [0.29, 0.717) is 19.8 Å². The molecule has 5 nitrogen and oxygen atoms in total. The summed E-state index contributed by atoms with van der Waals surface area (Å²) in [6.45, 7) is 5.37. The molecule has 0 bridgehead atoms. The van der Waals surface area contributed by atoms with Crippen molar-refractivity contribution >= 4 is 6.03 Å². The van der Waals surface area contributed by atoms with Gasteiger partial charge in [-0.2, -0.15) is 0 Å². The normalized spacial score (nSPS) is 10.4. The first kappa shape index (κ1) is 13.2. The molecule has 0 aromatic rings. The summed E-state index contributed by atoms with van der Waals surface area (Å²) in [7, 11) is 3.29. The molecule has 2 amide bonds. The number of amides is 2. The van der Waals surface area contributed by atoms with E-state index in [1.165, 1.54) is 4.90 Å². The van der Waals surface area contributed by atoms with Crippen molar-refractivity contribution in [2.24, 2.45) is 0 Å². The average molecular weight is 204 g/mol. The van der Waals surface area contributed by atoms with Crippen LogP contribution in [0.4, 0.5) is 4.79 Å². The number of urea groups is 1. The van der Waals surface area contributed by atoms with E-state index < -0.39 is 0 Å². The molecule has 0 aliphatic carbocycles. The van der Waals surface area contributed by atoms with E-state index in [9.17, 15) is 4.79 Å². The van der Waals surface area contributed by atoms with Gasteiger partial charge in [0, 0.05) is 27.3 Å². The van der Waals surface area contributed by atoms with Gasteiger partial charge in [-0.1, -0.05) is 0 Å². The van der Waals surface area contributed by atoms with Gasteiger partial charge in [-0.15, -0.1) is 0 Å². The van der Waals surface area contributed by atoms with Crippen molar-refractivity contribution in [1.29, 1.82) is 0 Å². The molecule has 5 heteroatoms. The van der Waals surface area contributed by atoms with Gasteiger partial charge in [-0.25, -0.2) is 4.79 Å². The molecular weight excluding hydrogens is 184 g/mol. The highest BCUT2D eigenvalue weighted by Crippen LogP contribution is 1.98. The van der Waals surface area contributed by atoms with Crippen molar-refractivity contribution in [3.05, 3.63) is 0 Å². The lowest BCUT2D eigenvalue weighted by atomic mass is 10.5. The van der Waals surface area contributed by atoms with Gasteiger partial charge in [0.1, 0.15) is 0 Å². The van der Waals surface area contributed by atoms with Crippen LogP contribution in [0.5, 0.6) is 0 Å². The molecule has 14 heavy (non-hydrogen) atoms. The van der Waals surface area contributed by atoms with Crippen molar-refractivity contribution in [2.45, 2.75) is 20.1 Å². The summed E-state index contributed by atoms with van der Waals surface area (Å²) in [4.78, 5) is 12.7. The SMILES string of the molecule is CCOC(CN(C)C(=O)NC)OCC. The predicted octanol–water partition coefficient (Wildman–Crippen LogP) is 0.657. The first-order valence-corrected chi connectivity index (χ1v) is 4.81. The first-order chi connectivity index (χ1) is 6.65. The molecule has 0 saturated carbocycles. The van der Waals surface area contributed by atoms with Gasteiger partial charge < -0.3 is 19.7 Å². The van der Waals surface area contributed by atoms with Crippen LogP contribution in [0.3, 0.4) is 0 Å². The Labute approximate surface area is 85.4 Å². The molecule has 0 atom stereocenters. The van der Waals surface area contributed by atoms with Crippen molar-refractivity contribution in [2.75, 3.05) is 33.9 Å². The Morgan fingerprint density at radius 2 is 1.86 bits per heavy atom. The van der Waals surface area contributed by atoms with Gasteiger partial charge in [0.25, 0.3) is 0 Å². The standard InChI is InChI=1S/C9H20N2O3/c1-5-13-8(14-6-2)7-11(4)9(12)10-3/h8H,5-7H2,1-4H3,(H,10,12). The van der Waals surface area contributed by atoms with Crippen molar-refractivity contribution < 1.29 is 14.3 Å². The molecule has 0 aromatic carbocycles. The van der Waals surface area contributed by atoms with Crippen LogP contribution in [0.1, 0.15) is 13.8 Å². The molecule has 0 saturated heterocycles. The summed E-state index contributed by atoms with van der Waals surface area (Å²) >= 11 is 0. The second-order valence-electron chi connectivity index (χ2n) is 2.78. The maximum absolute atomic E-state index is 11.2. The highest BCUT2D eigenvalue weighted by molar-refractivity contribution is 5.73. The van der Waals surface area contributed by atoms with Gasteiger partial charge in [-0.3, -0.25) is 0 Å². The topological polar surface area (TPSA) is 50.8 Å². The average Bonchev–Trinajstić information content (AvgIpc) is 2.17. The van der Waals surface area contributed by atoms with Crippen LogP contribution in [0.2, 0.25) is 0 Å². The van der Waals surface area contributed by atoms with Crippen molar-refractivity contribution in [1.82, 2.24) is 10.2 Å². The number of carbonyl (C=O) groups is 1. The summed E-state index contributed by atoms with van der Waals surface area (Å²) in [5, 5.41) is 2.53. The quantitative estimate of drug-likeness (QED) is 0.646. The van der Waals surface area contributed by atoms with E-state index in [0.717, 1.165) is 0 Å². The Bertz CT molecular complexity index is 158. The minimum Gasteiger partial charge on any atom is -0.351 e. The van der Waals surface area contributed by atoms with E-state index in [2.05, 4.69) is 5.32 Å². The lowest BCUT2D eigenvalue weighted by molar-refractivity contribution is -0.141. The molecule has 0 heterocycles. The second kappa shape index (κ2) is 7.58. The van der Waals surface area contributed by atoms with Crippen LogP contribution in [-0.2, 0) is 9.47 Å². The van der Waals surface area contributed by atoms with E-state index in [1.54, 1.807) is 14.1 Å². The maximum atomic E-state index is 11.2. The minimum absolute atomic E-state index is 0.144. The highest BCUT2D eigenvalue weighted by atomic mass is 16.7. The number of ether oxygens (including phenoxy) is 2. The Balaban J connectivity index is 3.94. The largest absolute Gasteiger partial charge is 0.351 e. The number of hydrogen-bond acceptors (Lipinski definition) is 3. The van der Waals surface area contributed by atoms with E-state index in [1.807, 2.05) is 13.8 Å². The Morgan fingerprint density at radius 3 is 2.21 bits per heavy atom. The van der Waals surface area contributed by atoms with Crippen LogP contribution in [0, 0.1) is 0 Å². The minimum atomic E-state index is -0.340. The number of nitrogens with one attached hydrogen (secondary N) is 1. The van der Waals surface area contributed by atoms with Gasteiger partial charge >= 0.3 is 6.03 Å². The van der Waals surface area contributed by atoms with E-state index in [-0.39, 0.29) is 12.3 Å². The molecule has 0 unspecified atom stereocenters. The number of hydrogen-bond donors (Lipinski definition) is 1. The number of likely N-dealkylation sites (N-methyl/N-ethyl adjacent to an activating group) is 1. The summed E-state index contributed by atoms with van der Waals surface area (Å²) in [6.07, 6.45) is -0.340. The molecule has 0 fully saturated rings. The summed E-state index contributed by atoms with van der Waals surface area (Å²) < 4.78 is 10.6. The monoisotopic (exact) mass is 204 g/mol. The number of rotatable bonds is 6. The zero-order valence-corrected chi connectivity index (χ0v) is 9.37. The van der Waals surface area contributed by atoms with Gasteiger partial charge in [0.05, 0.1) is 6.54 Å². The molecule has 0 radical (unpaired) electrons. The highest BCUT2D eigenvalue weighted by Gasteiger charge is 2.14. The van der Waals surface area contributed by atoms with E-state index >= 15 is 0 Å². The second-order valence-corrected chi connectivity index (χ2v) is 2.78.